The van der Waals surface area contributed by atoms with Gasteiger partial charge >= 0.3 is 6.03 Å². The van der Waals surface area contributed by atoms with Crippen molar-refractivity contribution in [2.24, 2.45) is 5.73 Å². The molecule has 5 aromatic carbocycles. The fourth-order valence-electron chi connectivity index (χ4n) is 6.81. The monoisotopic (exact) mass is 787 g/mol. The van der Waals surface area contributed by atoms with Crippen LogP contribution in [0.3, 0.4) is 0 Å². The number of aldehydes is 1. The number of nitrogens with one attached hydrogen (secondary N) is 4. The molecule has 0 fully saturated rings. The number of aromatic amines is 1. The van der Waals surface area contributed by atoms with Gasteiger partial charge in [-0.3, -0.25) is 9.59 Å². The van der Waals surface area contributed by atoms with Crippen LogP contribution in [0.1, 0.15) is 53.1 Å². The van der Waals surface area contributed by atoms with Crippen molar-refractivity contribution in [1.82, 2.24) is 20.9 Å². The number of carbonyl (C=O) groups excluding carboxylic acids is 3. The van der Waals surface area contributed by atoms with Crippen molar-refractivity contribution in [1.29, 1.82) is 0 Å². The third-order valence-electron chi connectivity index (χ3n) is 9.89. The van der Waals surface area contributed by atoms with Crippen LogP contribution in [0, 0.1) is 0 Å². The Bertz CT molecular complexity index is 2720. The van der Waals surface area contributed by atoms with E-state index in [0.717, 1.165) is 60.7 Å². The zero-order chi connectivity index (χ0) is 41.2. The van der Waals surface area contributed by atoms with Gasteiger partial charge in [-0.05, 0) is 67.4 Å². The maximum absolute atomic E-state index is 13.7. The highest BCUT2D eigenvalue weighted by Crippen LogP contribution is 2.25. The summed E-state index contributed by atoms with van der Waals surface area (Å²) in [4.78, 5) is 40.2. The maximum Gasteiger partial charge on any atom is 0.316 e. The molecule has 298 valence electrons. The first kappa shape index (κ1) is 39.8. The Morgan fingerprint density at radius 3 is 1.92 bits per heavy atom. The second-order valence-electron chi connectivity index (χ2n) is 14.3. The molecule has 0 saturated carbocycles. The van der Waals surface area contributed by atoms with Crippen molar-refractivity contribution in [2.75, 3.05) is 0 Å². The summed E-state index contributed by atoms with van der Waals surface area (Å²) in [5.74, 6) is 1.59. The molecule has 2 unspecified atom stereocenters. The molecular weight excluding hydrogens is 743 g/mol. The normalized spacial score (nSPS) is 12.5. The van der Waals surface area contributed by atoms with Crippen LogP contribution >= 0.6 is 0 Å². The zero-order valence-corrected chi connectivity index (χ0v) is 32.7. The Hall–Kier alpha value is -7.37. The summed E-state index contributed by atoms with van der Waals surface area (Å²) in [5, 5.41) is 12.9. The molecule has 2 atom stereocenters. The standard InChI is InChI=1S/C30H30N4O3.C9H9NO.C9H6O2/c1-20(21-10-4-3-5-11-21)33-28(35)30(2,17-23-18-31-26-14-8-7-13-25(23)26)34-29(36)32-19-24-16-22-12-6-9-15-27(22)37-24;2*10-6-8-5-7-3-1-2-4-9(7)11-8/h3-16,18,20,31H,17,19H2,1-2H3,(H,33,35)(H2,32,34,36);1-5H,6,10H2;1-6H. The number of benzene rings is 5. The van der Waals surface area contributed by atoms with Gasteiger partial charge in [-0.1, -0.05) is 103 Å². The third kappa shape index (κ3) is 9.78. The van der Waals surface area contributed by atoms with Gasteiger partial charge in [0.1, 0.15) is 33.8 Å². The van der Waals surface area contributed by atoms with E-state index in [1.807, 2.05) is 153 Å². The van der Waals surface area contributed by atoms with Gasteiger partial charge in [0.05, 0.1) is 19.1 Å². The van der Waals surface area contributed by atoms with Gasteiger partial charge in [-0.15, -0.1) is 0 Å². The molecule has 9 aromatic rings. The average molecular weight is 788 g/mol. The van der Waals surface area contributed by atoms with Gasteiger partial charge in [0.15, 0.2) is 12.0 Å². The number of amides is 3. The molecule has 4 heterocycles. The van der Waals surface area contributed by atoms with E-state index in [4.69, 9.17) is 19.0 Å². The molecule has 59 heavy (non-hydrogen) atoms. The van der Waals surface area contributed by atoms with E-state index in [2.05, 4.69) is 20.9 Å². The Morgan fingerprint density at radius 1 is 0.729 bits per heavy atom. The molecule has 0 aliphatic carbocycles. The molecule has 11 heteroatoms. The summed E-state index contributed by atoms with van der Waals surface area (Å²) in [7, 11) is 0. The SMILES string of the molecule is CC(NC(=O)C(C)(Cc1c[nH]c2ccccc12)NC(=O)NCc1cc2ccccc2o1)c1ccccc1.NCc1cc2ccccc2o1.O=Cc1cc2ccccc2o1. The smallest absolute Gasteiger partial charge is 0.316 e. The van der Waals surface area contributed by atoms with Crippen molar-refractivity contribution in [3.05, 3.63) is 180 Å². The predicted molar refractivity (Wildman–Crippen MR) is 231 cm³/mol. The summed E-state index contributed by atoms with van der Waals surface area (Å²) in [5.41, 5.74) is 9.54. The first-order valence-electron chi connectivity index (χ1n) is 19.3. The lowest BCUT2D eigenvalue weighted by Crippen LogP contribution is -2.60. The number of nitrogens with two attached hydrogens (primary N) is 1. The van der Waals surface area contributed by atoms with Crippen LogP contribution < -0.4 is 21.7 Å². The minimum absolute atomic E-state index is 0.200. The van der Waals surface area contributed by atoms with E-state index in [0.29, 0.717) is 30.8 Å². The van der Waals surface area contributed by atoms with Gasteiger partial charge in [-0.2, -0.15) is 0 Å². The predicted octanol–water partition coefficient (Wildman–Crippen LogP) is 9.73. The summed E-state index contributed by atoms with van der Waals surface area (Å²) in [6.45, 7) is 4.35. The Kier molecular flexibility index (Phi) is 12.3. The molecule has 9 rings (SSSR count). The van der Waals surface area contributed by atoms with E-state index < -0.39 is 11.6 Å². The van der Waals surface area contributed by atoms with Crippen molar-refractivity contribution >= 4 is 62.0 Å². The number of carbonyl (C=O) groups is 3. The van der Waals surface area contributed by atoms with E-state index in [9.17, 15) is 14.4 Å². The largest absolute Gasteiger partial charge is 0.460 e. The van der Waals surface area contributed by atoms with E-state index in [1.165, 1.54) is 0 Å². The van der Waals surface area contributed by atoms with Crippen LogP contribution in [-0.4, -0.2) is 28.7 Å². The third-order valence-corrected chi connectivity index (χ3v) is 9.89. The number of para-hydroxylation sites is 4. The fourth-order valence-corrected chi connectivity index (χ4v) is 6.81. The second kappa shape index (κ2) is 18.3. The second-order valence-corrected chi connectivity index (χ2v) is 14.3. The van der Waals surface area contributed by atoms with Crippen LogP contribution in [0.25, 0.3) is 43.8 Å². The van der Waals surface area contributed by atoms with Crippen molar-refractivity contribution < 1.29 is 27.6 Å². The molecular formula is C48H45N5O6. The molecule has 0 bridgehead atoms. The van der Waals surface area contributed by atoms with Crippen LogP contribution in [0.2, 0.25) is 0 Å². The first-order valence-corrected chi connectivity index (χ1v) is 19.3. The van der Waals surface area contributed by atoms with Crippen molar-refractivity contribution in [3.8, 4) is 0 Å². The Labute approximate surface area is 340 Å². The molecule has 0 spiro atoms. The number of fused-ring (bicyclic) bond motifs is 4. The topological polar surface area (TPSA) is 169 Å². The minimum atomic E-state index is -1.22. The molecule has 11 nitrogen and oxygen atoms in total. The first-order chi connectivity index (χ1) is 28.7. The molecule has 0 radical (unpaired) electrons. The number of hydrogen-bond acceptors (Lipinski definition) is 7. The number of H-pyrrole nitrogens is 1. The lowest BCUT2D eigenvalue weighted by Gasteiger charge is -2.31. The summed E-state index contributed by atoms with van der Waals surface area (Å²) in [6.07, 6.45) is 2.91. The van der Waals surface area contributed by atoms with E-state index in [-0.39, 0.29) is 18.5 Å². The fraction of sp³-hybridized carbons (Fsp3) is 0.146. The number of furan rings is 3. The summed E-state index contributed by atoms with van der Waals surface area (Å²) in [6, 6.07) is 45.7. The highest BCUT2D eigenvalue weighted by atomic mass is 16.3. The highest BCUT2D eigenvalue weighted by molar-refractivity contribution is 5.93. The lowest BCUT2D eigenvalue weighted by atomic mass is 9.91. The Morgan fingerprint density at radius 2 is 1.29 bits per heavy atom. The van der Waals surface area contributed by atoms with Gasteiger partial charge < -0.3 is 39.9 Å². The van der Waals surface area contributed by atoms with Crippen LogP contribution in [0.4, 0.5) is 4.79 Å². The van der Waals surface area contributed by atoms with Crippen molar-refractivity contribution in [3.63, 3.8) is 0 Å². The molecule has 0 aliphatic rings. The number of rotatable bonds is 10. The Balaban J connectivity index is 0.000000192. The lowest BCUT2D eigenvalue weighted by molar-refractivity contribution is -0.127. The van der Waals surface area contributed by atoms with E-state index in [1.54, 1.807) is 13.0 Å². The maximum atomic E-state index is 13.7. The van der Waals surface area contributed by atoms with Crippen LogP contribution in [0.15, 0.2) is 165 Å². The minimum Gasteiger partial charge on any atom is -0.460 e. The van der Waals surface area contributed by atoms with Crippen LogP contribution in [0.5, 0.6) is 0 Å². The van der Waals surface area contributed by atoms with E-state index >= 15 is 0 Å². The van der Waals surface area contributed by atoms with Gasteiger partial charge in [0.2, 0.25) is 5.91 Å². The van der Waals surface area contributed by atoms with Gasteiger partial charge in [0.25, 0.3) is 0 Å². The summed E-state index contributed by atoms with van der Waals surface area (Å²) >= 11 is 0. The highest BCUT2D eigenvalue weighted by Gasteiger charge is 2.37. The summed E-state index contributed by atoms with van der Waals surface area (Å²) < 4.78 is 16.3. The molecule has 3 amide bonds. The van der Waals surface area contributed by atoms with Gasteiger partial charge in [0, 0.05) is 39.7 Å². The number of hydrogen-bond donors (Lipinski definition) is 5. The van der Waals surface area contributed by atoms with Crippen LogP contribution in [-0.2, 0) is 24.3 Å². The molecule has 0 aliphatic heterocycles. The molecule has 0 saturated heterocycles. The molecule has 6 N–H and O–H groups in total. The molecule has 4 aromatic heterocycles. The number of aromatic nitrogens is 1. The zero-order valence-electron chi connectivity index (χ0n) is 32.7. The van der Waals surface area contributed by atoms with Crippen molar-refractivity contribution in [2.45, 2.75) is 44.9 Å². The number of urea groups is 1. The average Bonchev–Trinajstić information content (AvgIpc) is 4.08. The quantitative estimate of drug-likeness (QED) is 0.0860. The van der Waals surface area contributed by atoms with Gasteiger partial charge in [-0.25, -0.2) is 4.79 Å².